The maximum atomic E-state index is 12.9. The zero-order chi connectivity index (χ0) is 33.3. The second-order valence-corrected chi connectivity index (χ2v) is 13.0. The topological polar surface area (TPSA) is 96.0 Å². The van der Waals surface area contributed by atoms with Gasteiger partial charge in [0.2, 0.25) is 0 Å². The lowest BCUT2D eigenvalue weighted by Gasteiger charge is -2.40. The molecule has 0 radical (unpaired) electrons. The van der Waals surface area contributed by atoms with Crippen molar-refractivity contribution in [3.8, 4) is 11.5 Å². The molecule has 0 saturated heterocycles. The van der Waals surface area contributed by atoms with Gasteiger partial charge in [0.25, 0.3) is 5.91 Å². The minimum Gasteiger partial charge on any atom is -0.487 e. The molecule has 7 rings (SSSR count). The molecule has 8 nitrogen and oxygen atoms in total. The van der Waals surface area contributed by atoms with Crippen LogP contribution in [0.4, 0.5) is 11.5 Å². The molecular weight excluding hydrogens is 600 g/mol. The van der Waals surface area contributed by atoms with E-state index in [1.165, 1.54) is 36.8 Å². The lowest BCUT2D eigenvalue weighted by Crippen LogP contribution is -2.51. The number of fused-ring (bicyclic) bond motifs is 2. The number of aliphatic hydroxyl groups excluding tert-OH is 1. The van der Waals surface area contributed by atoms with Crippen LogP contribution in [0.25, 0.3) is 0 Å². The largest absolute Gasteiger partial charge is 0.487 e. The predicted molar refractivity (Wildman–Crippen MR) is 190 cm³/mol. The van der Waals surface area contributed by atoms with Gasteiger partial charge in [-0.1, -0.05) is 74.5 Å². The van der Waals surface area contributed by atoms with Gasteiger partial charge in [0.05, 0.1) is 24.9 Å². The minimum absolute atomic E-state index is 0.119. The number of carbonyl (C=O) groups excluding carboxylic acids is 1. The maximum absolute atomic E-state index is 12.9. The van der Waals surface area contributed by atoms with E-state index in [4.69, 9.17) is 9.47 Å². The smallest absolute Gasteiger partial charge is 0.263 e. The van der Waals surface area contributed by atoms with Crippen LogP contribution in [0.5, 0.6) is 11.5 Å². The second kappa shape index (κ2) is 15.7. The zero-order valence-electron chi connectivity index (χ0n) is 28.1. The number of nitrogens with one attached hydrogen (secondary N) is 2. The molecule has 48 heavy (non-hydrogen) atoms. The lowest BCUT2D eigenvalue weighted by molar-refractivity contribution is -0.128. The summed E-state index contributed by atoms with van der Waals surface area (Å²) in [4.78, 5) is 19.4. The summed E-state index contributed by atoms with van der Waals surface area (Å²) in [5.41, 5.74) is 4.83. The summed E-state index contributed by atoms with van der Waals surface area (Å²) in [6, 6.07) is 29.9. The normalized spacial score (nSPS) is 19.5. The second-order valence-electron chi connectivity index (χ2n) is 13.0. The first kappa shape index (κ1) is 33.5. The molecule has 3 aromatic carbocycles. The highest BCUT2D eigenvalue weighted by Crippen LogP contribution is 2.47. The molecule has 252 valence electrons. The number of hydrogen-bond donors (Lipinski definition) is 3. The summed E-state index contributed by atoms with van der Waals surface area (Å²) in [5.74, 6) is 2.25. The molecular formula is C40H48N4O4. The third-order valence-electron chi connectivity index (χ3n) is 9.61. The summed E-state index contributed by atoms with van der Waals surface area (Å²) in [7, 11) is 0. The van der Waals surface area contributed by atoms with Crippen molar-refractivity contribution >= 4 is 17.4 Å². The van der Waals surface area contributed by atoms with Gasteiger partial charge in [0.15, 0.2) is 6.10 Å². The number of benzene rings is 3. The summed E-state index contributed by atoms with van der Waals surface area (Å²) < 4.78 is 12.4. The van der Waals surface area contributed by atoms with Gasteiger partial charge < -0.3 is 30.1 Å². The molecule has 3 N–H and O–H groups in total. The van der Waals surface area contributed by atoms with Crippen LogP contribution in [-0.2, 0) is 17.6 Å². The molecule has 1 aliphatic carbocycles. The van der Waals surface area contributed by atoms with Crippen molar-refractivity contribution in [3.05, 3.63) is 114 Å². The Morgan fingerprint density at radius 2 is 1.73 bits per heavy atom. The molecule has 0 bridgehead atoms. The van der Waals surface area contributed by atoms with Crippen LogP contribution >= 0.6 is 0 Å². The summed E-state index contributed by atoms with van der Waals surface area (Å²) >= 11 is 0. The highest BCUT2D eigenvalue weighted by atomic mass is 16.5. The van der Waals surface area contributed by atoms with E-state index in [0.29, 0.717) is 24.8 Å². The number of rotatable bonds is 9. The monoisotopic (exact) mass is 648 g/mol. The summed E-state index contributed by atoms with van der Waals surface area (Å²) in [5, 5.41) is 16.3. The molecule has 3 aliphatic rings. The van der Waals surface area contributed by atoms with Crippen LogP contribution in [0.15, 0.2) is 97.2 Å². The Kier molecular flexibility index (Phi) is 10.9. The van der Waals surface area contributed by atoms with Crippen molar-refractivity contribution in [2.24, 2.45) is 0 Å². The number of ether oxygens (including phenoxy) is 2. The van der Waals surface area contributed by atoms with Gasteiger partial charge in [0, 0.05) is 24.2 Å². The van der Waals surface area contributed by atoms with Crippen molar-refractivity contribution in [1.82, 2.24) is 15.6 Å². The zero-order valence-corrected chi connectivity index (χ0v) is 28.1. The van der Waals surface area contributed by atoms with Gasteiger partial charge in [-0.05, 0) is 86.5 Å². The van der Waals surface area contributed by atoms with Gasteiger partial charge in [0.1, 0.15) is 22.9 Å². The van der Waals surface area contributed by atoms with Crippen molar-refractivity contribution in [3.63, 3.8) is 0 Å². The van der Waals surface area contributed by atoms with Crippen molar-refractivity contribution in [2.45, 2.75) is 82.6 Å². The number of pyridine rings is 1. The number of aryl methyl sites for hydroxylation is 1. The number of anilines is 2. The van der Waals surface area contributed by atoms with Crippen LogP contribution in [0.3, 0.4) is 0 Å². The van der Waals surface area contributed by atoms with Crippen molar-refractivity contribution in [1.29, 1.82) is 0 Å². The number of para-hydroxylation sites is 2. The Morgan fingerprint density at radius 1 is 0.958 bits per heavy atom. The van der Waals surface area contributed by atoms with E-state index < -0.39 is 6.10 Å². The number of carbonyl (C=O) groups is 1. The number of aliphatic hydroxyl groups is 1. The van der Waals surface area contributed by atoms with Crippen LogP contribution < -0.4 is 25.0 Å². The average Bonchev–Trinajstić information content (AvgIpc) is 3.58. The lowest BCUT2D eigenvalue weighted by atomic mass is 9.85. The molecule has 1 saturated carbocycles. The third-order valence-corrected chi connectivity index (χ3v) is 9.61. The Labute approximate surface area is 284 Å². The average molecular weight is 649 g/mol. The molecule has 8 heteroatoms. The van der Waals surface area contributed by atoms with E-state index in [2.05, 4.69) is 47.7 Å². The van der Waals surface area contributed by atoms with Gasteiger partial charge >= 0.3 is 0 Å². The molecule has 3 unspecified atom stereocenters. The van der Waals surface area contributed by atoms with Crippen molar-refractivity contribution < 1.29 is 19.4 Å². The number of aromatic nitrogens is 1. The third kappa shape index (κ3) is 7.83. The molecule has 1 aromatic heterocycles. The number of hydrogen-bond acceptors (Lipinski definition) is 7. The Balaban J connectivity index is 0.000000182. The molecule has 1 spiro atoms. The fraction of sp³-hybridized carbons (Fsp3) is 0.400. The molecule has 3 atom stereocenters. The first-order valence-electron chi connectivity index (χ1n) is 17.5. The van der Waals surface area contributed by atoms with E-state index in [1.807, 2.05) is 77.7 Å². The summed E-state index contributed by atoms with van der Waals surface area (Å²) in [6.07, 6.45) is 8.89. The number of nitrogens with zero attached hydrogens (tertiary/aromatic N) is 2. The molecule has 4 aromatic rings. The summed E-state index contributed by atoms with van der Waals surface area (Å²) in [6.45, 7) is 5.63. The number of amides is 1. The molecule has 1 fully saturated rings. The molecule has 3 heterocycles. The van der Waals surface area contributed by atoms with E-state index >= 15 is 0 Å². The van der Waals surface area contributed by atoms with Crippen LogP contribution in [0.2, 0.25) is 0 Å². The quantitative estimate of drug-likeness (QED) is 0.186. The van der Waals surface area contributed by atoms with Gasteiger partial charge in [-0.2, -0.15) is 0 Å². The SMILES string of the molecule is CCNC1CC2(CCCC2)Oc2ccc(CC)cc21.O=C(NC(CO)Cc1ccccc1)C1CN(c2ccccn2)c2ccccc2O1. The standard InChI is InChI=1S/C23H23N3O3.C17H25NO/c27-16-18(14-17-8-2-1-3-9-17)25-23(28)21-15-26(22-12-6-7-13-24-22)19-10-4-5-11-20(19)29-21;1-3-13-7-8-16-14(11-13)15(18-4-2)12-17(19-16)9-5-6-10-17/h1-13,18,21,27H,14-16H2,(H,25,28);7-8,11,15,18H,3-6,9-10,12H2,1-2H3. The minimum atomic E-state index is -0.711. The Bertz CT molecular complexity index is 1630. The highest BCUT2D eigenvalue weighted by Gasteiger charge is 2.42. The maximum Gasteiger partial charge on any atom is 0.263 e. The van der Waals surface area contributed by atoms with E-state index in [1.54, 1.807) is 6.20 Å². The first-order chi connectivity index (χ1) is 23.5. The fourth-order valence-electron chi connectivity index (χ4n) is 7.15. The van der Waals surface area contributed by atoms with Crippen LogP contribution in [0.1, 0.15) is 68.7 Å². The van der Waals surface area contributed by atoms with Gasteiger partial charge in [-0.25, -0.2) is 4.98 Å². The Hall–Kier alpha value is -4.40. The first-order valence-corrected chi connectivity index (χ1v) is 17.5. The van der Waals surface area contributed by atoms with E-state index in [-0.39, 0.29) is 24.2 Å². The van der Waals surface area contributed by atoms with Crippen molar-refractivity contribution in [2.75, 3.05) is 24.6 Å². The fourth-order valence-corrected chi connectivity index (χ4v) is 7.15. The van der Waals surface area contributed by atoms with Gasteiger partial charge in [-0.3, -0.25) is 4.79 Å². The van der Waals surface area contributed by atoms with E-state index in [0.717, 1.165) is 42.2 Å². The molecule has 2 aliphatic heterocycles. The Morgan fingerprint density at radius 3 is 2.46 bits per heavy atom. The predicted octanol–water partition coefficient (Wildman–Crippen LogP) is 6.70. The van der Waals surface area contributed by atoms with E-state index in [9.17, 15) is 9.90 Å². The highest BCUT2D eigenvalue weighted by molar-refractivity contribution is 5.84. The van der Waals surface area contributed by atoms with Gasteiger partial charge in [-0.15, -0.1) is 0 Å². The van der Waals surface area contributed by atoms with Crippen LogP contribution in [-0.4, -0.2) is 53.4 Å². The molecule has 1 amide bonds. The van der Waals surface area contributed by atoms with Crippen LogP contribution in [0, 0.1) is 0 Å².